The number of H-pyrrole nitrogens is 1. The molecular weight excluding hydrogens is 322 g/mol. The Labute approximate surface area is 158 Å². The molecule has 5 nitrogen and oxygen atoms in total. The minimum absolute atomic E-state index is 0.333. The Morgan fingerprint density at radius 2 is 2.08 bits per heavy atom. The van der Waals surface area contributed by atoms with E-state index in [1.165, 1.54) is 31.4 Å². The maximum absolute atomic E-state index is 4.37. The van der Waals surface area contributed by atoms with Crippen molar-refractivity contribution >= 4 is 11.5 Å². The summed E-state index contributed by atoms with van der Waals surface area (Å²) in [5.41, 5.74) is 3.79. The highest BCUT2D eigenvalue weighted by Crippen LogP contribution is 2.37. The molecule has 26 heavy (non-hydrogen) atoms. The van der Waals surface area contributed by atoms with Gasteiger partial charge in [-0.1, -0.05) is 20.3 Å². The Morgan fingerprint density at radius 3 is 2.62 bits per heavy atom. The molecule has 2 atom stereocenters. The third-order valence-electron chi connectivity index (χ3n) is 5.58. The van der Waals surface area contributed by atoms with Gasteiger partial charge in [-0.05, 0) is 64.6 Å². The number of aromatic nitrogens is 3. The van der Waals surface area contributed by atoms with Gasteiger partial charge in [0.2, 0.25) is 0 Å². The maximum Gasteiger partial charge on any atom is 0.152 e. The van der Waals surface area contributed by atoms with E-state index in [1.54, 1.807) is 6.20 Å². The van der Waals surface area contributed by atoms with Crippen LogP contribution in [0, 0.1) is 12.8 Å². The van der Waals surface area contributed by atoms with E-state index >= 15 is 0 Å². The molecule has 5 heteroatoms. The van der Waals surface area contributed by atoms with Crippen LogP contribution in [0.15, 0.2) is 24.5 Å². The van der Waals surface area contributed by atoms with E-state index in [4.69, 9.17) is 0 Å². The van der Waals surface area contributed by atoms with E-state index in [9.17, 15) is 0 Å². The van der Waals surface area contributed by atoms with E-state index in [2.05, 4.69) is 59.6 Å². The van der Waals surface area contributed by atoms with Crippen molar-refractivity contribution in [2.45, 2.75) is 71.8 Å². The number of pyridine rings is 1. The molecule has 0 radical (unpaired) electrons. The van der Waals surface area contributed by atoms with Crippen molar-refractivity contribution in [1.29, 1.82) is 0 Å². The van der Waals surface area contributed by atoms with Gasteiger partial charge in [-0.2, -0.15) is 5.10 Å². The molecular formula is C21H35N5. The monoisotopic (exact) mass is 357 g/mol. The minimum Gasteiger partial charge on any atom is -0.338 e. The molecule has 1 aliphatic carbocycles. The lowest BCUT2D eigenvalue weighted by Gasteiger charge is -2.20. The molecule has 2 unspecified atom stereocenters. The molecule has 2 aromatic rings. The lowest BCUT2D eigenvalue weighted by atomic mass is 10.0. The second-order valence-electron chi connectivity index (χ2n) is 8.13. The van der Waals surface area contributed by atoms with Crippen molar-refractivity contribution in [3.63, 3.8) is 0 Å². The molecule has 0 aromatic carbocycles. The average molecular weight is 358 g/mol. The topological polar surface area (TPSA) is 65.6 Å². The molecule has 1 fully saturated rings. The molecule has 3 N–H and O–H groups in total. The summed E-state index contributed by atoms with van der Waals surface area (Å²) >= 11 is 0. The fraction of sp³-hybridized carbons (Fsp3) is 0.619. The van der Waals surface area contributed by atoms with E-state index in [-0.39, 0.29) is 0 Å². The lowest BCUT2D eigenvalue weighted by molar-refractivity contribution is 0.411. The van der Waals surface area contributed by atoms with Gasteiger partial charge in [-0.3, -0.25) is 10.1 Å². The Hall–Kier alpha value is -1.88. The number of aryl methyl sites for hydroxylation is 1. The average Bonchev–Trinajstić information content (AvgIpc) is 3.26. The van der Waals surface area contributed by atoms with Crippen LogP contribution in [-0.2, 0) is 0 Å². The number of hydrogen-bond acceptors (Lipinski definition) is 4. The molecule has 0 spiro atoms. The first-order valence-electron chi connectivity index (χ1n) is 9.76. The first kappa shape index (κ1) is 20.4. The standard InChI is InChI=1S/C15H20N4.C6H15N/c1-10-3-4-12(7-10)14-8-15(19-18-14)17-13-5-6-16-9-11(13)2;1-5-6(2,3)7-4/h5-6,8-10,12H,3-4,7H2,1-2H3,(H2,16,17,18,19);7H,5H2,1-4H3. The summed E-state index contributed by atoms with van der Waals surface area (Å²) in [6.45, 7) is 10.9. The predicted molar refractivity (Wildman–Crippen MR) is 110 cm³/mol. The van der Waals surface area contributed by atoms with E-state index in [0.717, 1.165) is 23.0 Å². The summed E-state index contributed by atoms with van der Waals surface area (Å²) in [6.07, 6.45) is 8.71. The highest BCUT2D eigenvalue weighted by Gasteiger charge is 2.24. The minimum atomic E-state index is 0.333. The van der Waals surface area contributed by atoms with Gasteiger partial charge in [-0.25, -0.2) is 0 Å². The highest BCUT2D eigenvalue weighted by atomic mass is 15.2. The highest BCUT2D eigenvalue weighted by molar-refractivity contribution is 5.59. The summed E-state index contributed by atoms with van der Waals surface area (Å²) < 4.78 is 0. The summed E-state index contributed by atoms with van der Waals surface area (Å²) in [7, 11) is 1.99. The van der Waals surface area contributed by atoms with Crippen molar-refractivity contribution in [2.75, 3.05) is 12.4 Å². The normalized spacial score (nSPS) is 19.8. The van der Waals surface area contributed by atoms with Crippen molar-refractivity contribution in [2.24, 2.45) is 5.92 Å². The third-order valence-corrected chi connectivity index (χ3v) is 5.58. The van der Waals surface area contributed by atoms with Gasteiger partial charge in [-0.15, -0.1) is 0 Å². The Balaban J connectivity index is 0.000000298. The van der Waals surface area contributed by atoms with Crippen LogP contribution >= 0.6 is 0 Å². The van der Waals surface area contributed by atoms with Crippen LogP contribution in [0.5, 0.6) is 0 Å². The van der Waals surface area contributed by atoms with Crippen LogP contribution in [0.2, 0.25) is 0 Å². The quantitative estimate of drug-likeness (QED) is 0.692. The van der Waals surface area contributed by atoms with Crippen LogP contribution in [-0.4, -0.2) is 27.8 Å². The van der Waals surface area contributed by atoms with Gasteiger partial charge in [0.25, 0.3) is 0 Å². The van der Waals surface area contributed by atoms with Crippen molar-refractivity contribution in [1.82, 2.24) is 20.5 Å². The Bertz CT molecular complexity index is 671. The molecule has 1 aliphatic rings. The second-order valence-corrected chi connectivity index (χ2v) is 8.13. The van der Waals surface area contributed by atoms with Gasteiger partial charge in [0.1, 0.15) is 0 Å². The smallest absolute Gasteiger partial charge is 0.152 e. The largest absolute Gasteiger partial charge is 0.338 e. The second kappa shape index (κ2) is 9.17. The summed E-state index contributed by atoms with van der Waals surface area (Å²) in [5.74, 6) is 2.38. The molecule has 1 saturated carbocycles. The van der Waals surface area contributed by atoms with Crippen LogP contribution in [0.1, 0.15) is 70.6 Å². The molecule has 2 heterocycles. The lowest BCUT2D eigenvalue weighted by Crippen LogP contribution is -2.34. The van der Waals surface area contributed by atoms with E-state index < -0.39 is 0 Å². The fourth-order valence-electron chi connectivity index (χ4n) is 3.03. The van der Waals surface area contributed by atoms with Crippen LogP contribution in [0.25, 0.3) is 0 Å². The summed E-state index contributed by atoms with van der Waals surface area (Å²) in [5, 5.41) is 14.1. The van der Waals surface area contributed by atoms with Gasteiger partial charge < -0.3 is 10.6 Å². The fourth-order valence-corrected chi connectivity index (χ4v) is 3.03. The maximum atomic E-state index is 4.37. The molecule has 2 aromatic heterocycles. The van der Waals surface area contributed by atoms with Gasteiger partial charge in [0, 0.05) is 41.3 Å². The molecule has 0 saturated heterocycles. The van der Waals surface area contributed by atoms with Gasteiger partial charge >= 0.3 is 0 Å². The zero-order valence-electron chi connectivity index (χ0n) is 17.2. The number of hydrogen-bond donors (Lipinski definition) is 3. The summed E-state index contributed by atoms with van der Waals surface area (Å²) in [4.78, 5) is 4.09. The number of nitrogens with one attached hydrogen (secondary N) is 3. The number of nitrogens with zero attached hydrogens (tertiary/aromatic N) is 2. The van der Waals surface area contributed by atoms with Gasteiger partial charge in [0.05, 0.1) is 0 Å². The van der Waals surface area contributed by atoms with Crippen molar-refractivity contribution < 1.29 is 0 Å². The van der Waals surface area contributed by atoms with Crippen LogP contribution in [0.3, 0.4) is 0 Å². The molecule has 0 amide bonds. The van der Waals surface area contributed by atoms with Gasteiger partial charge in [0.15, 0.2) is 5.82 Å². The number of aromatic amines is 1. The third kappa shape index (κ3) is 5.84. The number of rotatable bonds is 5. The SMILES string of the molecule is CCC(C)(C)NC.Cc1cnccc1Nc1cc(C2CCC(C)C2)[nH]n1. The predicted octanol–water partition coefficient (Wildman–Crippen LogP) is 5.15. The zero-order valence-corrected chi connectivity index (χ0v) is 17.2. The molecule has 0 aliphatic heterocycles. The summed E-state index contributed by atoms with van der Waals surface area (Å²) in [6, 6.07) is 4.11. The Kier molecular flexibility index (Phi) is 7.21. The van der Waals surface area contributed by atoms with E-state index in [1.807, 2.05) is 26.2 Å². The Morgan fingerprint density at radius 1 is 1.31 bits per heavy atom. The van der Waals surface area contributed by atoms with Crippen LogP contribution < -0.4 is 10.6 Å². The molecule has 144 valence electrons. The molecule has 0 bridgehead atoms. The van der Waals surface area contributed by atoms with Crippen LogP contribution in [0.4, 0.5) is 11.5 Å². The molecule has 3 rings (SSSR count). The van der Waals surface area contributed by atoms with E-state index in [0.29, 0.717) is 11.5 Å². The van der Waals surface area contributed by atoms with Crippen molar-refractivity contribution in [3.8, 4) is 0 Å². The zero-order chi connectivity index (χ0) is 19.2. The first-order valence-corrected chi connectivity index (χ1v) is 9.76. The number of anilines is 2. The van der Waals surface area contributed by atoms with Crippen molar-refractivity contribution in [3.05, 3.63) is 35.8 Å². The first-order chi connectivity index (χ1) is 12.3.